The minimum Gasteiger partial charge on any atom is -0.396 e. The van der Waals surface area contributed by atoms with Gasteiger partial charge < -0.3 is 14.4 Å². The molecule has 0 aliphatic carbocycles. The number of nitrogens with one attached hydrogen (secondary N) is 1. The molecule has 0 radical (unpaired) electrons. The van der Waals surface area contributed by atoms with E-state index in [1.54, 1.807) is 12.4 Å². The van der Waals surface area contributed by atoms with Crippen molar-refractivity contribution in [1.82, 2.24) is 19.5 Å². The predicted octanol–water partition coefficient (Wildman–Crippen LogP) is 0.487. The van der Waals surface area contributed by atoms with Crippen molar-refractivity contribution in [2.75, 3.05) is 6.61 Å². The monoisotopic (exact) mass is 261 g/mol. The van der Waals surface area contributed by atoms with E-state index in [9.17, 15) is 4.79 Å². The van der Waals surface area contributed by atoms with Crippen molar-refractivity contribution in [1.29, 1.82) is 0 Å². The summed E-state index contributed by atoms with van der Waals surface area (Å²) >= 11 is 0. The number of hydrogen-bond acceptors (Lipinski definition) is 5. The molecule has 19 heavy (non-hydrogen) atoms. The number of imidazole rings is 1. The van der Waals surface area contributed by atoms with E-state index in [0.717, 1.165) is 18.5 Å². The molecule has 7 heteroatoms. The van der Waals surface area contributed by atoms with E-state index in [0.29, 0.717) is 12.3 Å². The number of aromatic amines is 1. The van der Waals surface area contributed by atoms with Gasteiger partial charge in [0.15, 0.2) is 0 Å². The minimum absolute atomic E-state index is 0.403. The number of hydrogen-bond donors (Lipinski definition) is 1. The van der Waals surface area contributed by atoms with E-state index in [1.807, 2.05) is 17.8 Å². The summed E-state index contributed by atoms with van der Waals surface area (Å²) < 4.78 is 1.98. The number of oxime groups is 1. The van der Waals surface area contributed by atoms with E-state index in [-0.39, 0.29) is 0 Å². The van der Waals surface area contributed by atoms with Crippen LogP contribution in [-0.4, -0.2) is 32.3 Å². The zero-order valence-electron chi connectivity index (χ0n) is 10.6. The topological polar surface area (TPSA) is 85.2 Å². The number of aromatic nitrogens is 4. The molecule has 0 fully saturated rings. The summed E-state index contributed by atoms with van der Waals surface area (Å²) in [6.07, 6.45) is 8.22. The number of aryl methyl sites for hydroxylation is 2. The van der Waals surface area contributed by atoms with Gasteiger partial charge in [-0.25, -0.2) is 14.8 Å². The molecule has 7 nitrogen and oxygen atoms in total. The Bertz CT molecular complexity index is 602. The molecular weight excluding hydrogens is 246 g/mol. The van der Waals surface area contributed by atoms with Crippen LogP contribution in [0.3, 0.4) is 0 Å². The Hall–Kier alpha value is -2.44. The van der Waals surface area contributed by atoms with E-state index in [4.69, 9.17) is 4.84 Å². The van der Waals surface area contributed by atoms with Crippen molar-refractivity contribution < 1.29 is 4.84 Å². The summed E-state index contributed by atoms with van der Waals surface area (Å²) in [5.41, 5.74) is 1.32. The van der Waals surface area contributed by atoms with Gasteiger partial charge in [0.2, 0.25) is 0 Å². The fraction of sp³-hybridized carbons (Fsp3) is 0.333. The molecule has 0 saturated carbocycles. The lowest BCUT2D eigenvalue weighted by molar-refractivity contribution is 0.143. The van der Waals surface area contributed by atoms with Gasteiger partial charge in [0, 0.05) is 25.1 Å². The number of H-pyrrole nitrogens is 1. The van der Waals surface area contributed by atoms with Gasteiger partial charge >= 0.3 is 5.69 Å². The van der Waals surface area contributed by atoms with Crippen LogP contribution in [0.1, 0.15) is 17.8 Å². The standard InChI is InChI=1S/C12H15N5O2/c1-17-9-13-8-11(17)3-2-6-19-15-7-10-4-5-14-12(18)16-10/h4-5,7-9H,2-3,6H2,1H3,(H,14,16,18)/b15-7+. The molecule has 0 aliphatic heterocycles. The third-order valence-corrected chi connectivity index (χ3v) is 2.55. The van der Waals surface area contributed by atoms with Gasteiger partial charge in [0.05, 0.1) is 18.2 Å². The lowest BCUT2D eigenvalue weighted by atomic mass is 10.2. The summed E-state index contributed by atoms with van der Waals surface area (Å²) in [4.78, 5) is 26.1. The van der Waals surface area contributed by atoms with Crippen LogP contribution < -0.4 is 5.69 Å². The highest BCUT2D eigenvalue weighted by Crippen LogP contribution is 2.00. The number of nitrogens with zero attached hydrogens (tertiary/aromatic N) is 4. The van der Waals surface area contributed by atoms with Crippen LogP contribution >= 0.6 is 0 Å². The molecule has 1 N–H and O–H groups in total. The van der Waals surface area contributed by atoms with Crippen molar-refractivity contribution in [3.63, 3.8) is 0 Å². The lowest BCUT2D eigenvalue weighted by Gasteiger charge is -2.01. The molecule has 0 bridgehead atoms. The average Bonchev–Trinajstić information content (AvgIpc) is 2.79. The highest BCUT2D eigenvalue weighted by atomic mass is 16.6. The summed E-state index contributed by atoms with van der Waals surface area (Å²) in [5, 5.41) is 3.78. The maximum atomic E-state index is 10.9. The molecule has 0 unspecified atom stereocenters. The summed E-state index contributed by atoms with van der Waals surface area (Å²) in [5.74, 6) is 0. The highest BCUT2D eigenvalue weighted by Gasteiger charge is 1.97. The van der Waals surface area contributed by atoms with Crippen molar-refractivity contribution in [2.45, 2.75) is 12.8 Å². The van der Waals surface area contributed by atoms with Crippen molar-refractivity contribution in [3.8, 4) is 0 Å². The first-order valence-corrected chi connectivity index (χ1v) is 5.91. The fourth-order valence-corrected chi connectivity index (χ4v) is 1.55. The van der Waals surface area contributed by atoms with Gasteiger partial charge in [0.1, 0.15) is 6.61 Å². The van der Waals surface area contributed by atoms with Crippen molar-refractivity contribution in [3.05, 3.63) is 46.7 Å². The third-order valence-electron chi connectivity index (χ3n) is 2.55. The SMILES string of the molecule is Cn1cncc1CCCO/N=C/c1ccnc(=O)[nH]1. The first-order chi connectivity index (χ1) is 9.25. The quantitative estimate of drug-likeness (QED) is 0.466. The van der Waals surface area contributed by atoms with Crippen LogP contribution in [0.2, 0.25) is 0 Å². The van der Waals surface area contributed by atoms with Gasteiger partial charge in [-0.2, -0.15) is 0 Å². The molecule has 2 aromatic heterocycles. The molecule has 0 saturated heterocycles. The van der Waals surface area contributed by atoms with Crippen molar-refractivity contribution in [2.24, 2.45) is 12.2 Å². The molecule has 100 valence electrons. The Morgan fingerprint density at radius 2 is 2.47 bits per heavy atom. The molecule has 0 aromatic carbocycles. The maximum Gasteiger partial charge on any atom is 0.345 e. The normalized spacial score (nSPS) is 11.0. The van der Waals surface area contributed by atoms with E-state index < -0.39 is 5.69 Å². The van der Waals surface area contributed by atoms with Gasteiger partial charge in [0.25, 0.3) is 0 Å². The summed E-state index contributed by atoms with van der Waals surface area (Å²) in [6.45, 7) is 0.511. The summed E-state index contributed by atoms with van der Waals surface area (Å²) in [7, 11) is 1.96. The highest BCUT2D eigenvalue weighted by molar-refractivity contribution is 5.75. The van der Waals surface area contributed by atoms with Crippen LogP contribution in [0.25, 0.3) is 0 Å². The van der Waals surface area contributed by atoms with Crippen molar-refractivity contribution >= 4 is 6.21 Å². The number of rotatable bonds is 6. The fourth-order valence-electron chi connectivity index (χ4n) is 1.55. The van der Waals surface area contributed by atoms with E-state index in [2.05, 4.69) is 20.1 Å². The Balaban J connectivity index is 1.70. The first-order valence-electron chi connectivity index (χ1n) is 5.91. The Morgan fingerprint density at radius 1 is 1.58 bits per heavy atom. The van der Waals surface area contributed by atoms with E-state index >= 15 is 0 Å². The smallest absolute Gasteiger partial charge is 0.345 e. The summed E-state index contributed by atoms with van der Waals surface area (Å²) in [6, 6.07) is 1.64. The van der Waals surface area contributed by atoms with Crippen LogP contribution in [0, 0.1) is 0 Å². The zero-order chi connectivity index (χ0) is 13.5. The Morgan fingerprint density at radius 3 is 3.21 bits per heavy atom. The molecule has 0 amide bonds. The molecule has 2 aromatic rings. The first kappa shape index (κ1) is 13.0. The predicted molar refractivity (Wildman–Crippen MR) is 69.9 cm³/mol. The Labute approximate surface area is 110 Å². The van der Waals surface area contributed by atoms with Crippen LogP contribution in [-0.2, 0) is 18.3 Å². The molecule has 0 aliphatic rings. The molecule has 0 spiro atoms. The Kier molecular flexibility index (Phi) is 4.44. The molecule has 2 heterocycles. The van der Waals surface area contributed by atoms with Crippen LogP contribution in [0.4, 0.5) is 0 Å². The maximum absolute atomic E-state index is 10.9. The third kappa shape index (κ3) is 4.06. The van der Waals surface area contributed by atoms with Gasteiger partial charge in [-0.05, 0) is 18.9 Å². The molecule has 0 atom stereocenters. The second kappa shape index (κ2) is 6.48. The van der Waals surface area contributed by atoms with Crippen LogP contribution in [0.15, 0.2) is 34.7 Å². The minimum atomic E-state index is -0.403. The second-order valence-electron chi connectivity index (χ2n) is 4.00. The molecule has 2 rings (SSSR count). The van der Waals surface area contributed by atoms with Crippen LogP contribution in [0.5, 0.6) is 0 Å². The average molecular weight is 261 g/mol. The van der Waals surface area contributed by atoms with Gasteiger partial charge in [-0.15, -0.1) is 0 Å². The van der Waals surface area contributed by atoms with Gasteiger partial charge in [-0.1, -0.05) is 5.16 Å². The van der Waals surface area contributed by atoms with E-state index in [1.165, 1.54) is 12.4 Å². The lowest BCUT2D eigenvalue weighted by Crippen LogP contribution is -2.10. The molecular formula is C12H15N5O2. The largest absolute Gasteiger partial charge is 0.396 e. The zero-order valence-corrected chi connectivity index (χ0v) is 10.6. The second-order valence-corrected chi connectivity index (χ2v) is 4.00. The van der Waals surface area contributed by atoms with Gasteiger partial charge in [-0.3, -0.25) is 0 Å².